The van der Waals surface area contributed by atoms with Crippen LogP contribution in [0.1, 0.15) is 38.7 Å². The quantitative estimate of drug-likeness (QED) is 0.908. The van der Waals surface area contributed by atoms with Crippen molar-refractivity contribution in [2.75, 3.05) is 26.2 Å². The molecule has 1 amide bonds. The first-order chi connectivity index (χ1) is 10.0. The number of piperidine rings is 1. The van der Waals surface area contributed by atoms with Crippen LogP contribution in [0.15, 0.2) is 30.3 Å². The molecular weight excluding hydrogens is 296 g/mol. The zero-order valence-electron chi connectivity index (χ0n) is 13.6. The summed E-state index contributed by atoms with van der Waals surface area (Å²) in [5, 5.41) is 3.48. The van der Waals surface area contributed by atoms with Crippen molar-refractivity contribution >= 4 is 18.3 Å². The van der Waals surface area contributed by atoms with E-state index in [1.54, 1.807) is 0 Å². The summed E-state index contributed by atoms with van der Waals surface area (Å²) in [5.74, 6) is 0.273. The summed E-state index contributed by atoms with van der Waals surface area (Å²) in [6.45, 7) is 8.20. The zero-order valence-corrected chi connectivity index (χ0v) is 14.4. The highest BCUT2D eigenvalue weighted by atomic mass is 35.5. The number of hydrogen-bond acceptors (Lipinski definition) is 2. The van der Waals surface area contributed by atoms with E-state index in [0.29, 0.717) is 5.41 Å². The van der Waals surface area contributed by atoms with Crippen molar-refractivity contribution in [2.24, 2.45) is 5.41 Å². The number of nitrogens with zero attached hydrogens (tertiary/aromatic N) is 1. The summed E-state index contributed by atoms with van der Waals surface area (Å²) < 4.78 is 0. The van der Waals surface area contributed by atoms with Gasteiger partial charge >= 0.3 is 0 Å². The van der Waals surface area contributed by atoms with E-state index < -0.39 is 5.41 Å². The van der Waals surface area contributed by atoms with Gasteiger partial charge in [-0.15, -0.1) is 12.4 Å². The molecule has 4 heteroatoms. The number of carbonyl (C=O) groups excluding carboxylic acids is 1. The maximum Gasteiger partial charge on any atom is 0.232 e. The lowest BCUT2D eigenvalue weighted by Crippen LogP contribution is -2.49. The van der Waals surface area contributed by atoms with Crippen molar-refractivity contribution in [1.82, 2.24) is 10.2 Å². The van der Waals surface area contributed by atoms with Crippen LogP contribution >= 0.6 is 12.4 Å². The van der Waals surface area contributed by atoms with Crippen LogP contribution in [-0.4, -0.2) is 37.0 Å². The van der Waals surface area contributed by atoms with Crippen LogP contribution in [0.4, 0.5) is 0 Å². The predicted molar refractivity (Wildman–Crippen MR) is 92.4 cm³/mol. The van der Waals surface area contributed by atoms with Gasteiger partial charge in [-0.3, -0.25) is 4.79 Å². The molecule has 2 saturated heterocycles. The number of likely N-dealkylation sites (tertiary alicyclic amines) is 1. The highest BCUT2D eigenvalue weighted by Crippen LogP contribution is 2.38. The van der Waals surface area contributed by atoms with Crippen molar-refractivity contribution in [1.29, 1.82) is 0 Å². The Hall–Kier alpha value is -1.06. The summed E-state index contributed by atoms with van der Waals surface area (Å²) in [4.78, 5) is 15.0. The van der Waals surface area contributed by atoms with Crippen molar-refractivity contribution in [2.45, 2.75) is 38.5 Å². The summed E-state index contributed by atoms with van der Waals surface area (Å²) in [7, 11) is 0. The Bertz CT molecular complexity index is 499. The Labute approximate surface area is 139 Å². The smallest absolute Gasteiger partial charge is 0.232 e. The highest BCUT2D eigenvalue weighted by Gasteiger charge is 2.41. The van der Waals surface area contributed by atoms with Crippen molar-refractivity contribution < 1.29 is 4.79 Å². The van der Waals surface area contributed by atoms with Gasteiger partial charge in [0, 0.05) is 19.6 Å². The first-order valence-corrected chi connectivity index (χ1v) is 8.09. The monoisotopic (exact) mass is 322 g/mol. The summed E-state index contributed by atoms with van der Waals surface area (Å²) in [6.07, 6.45) is 3.57. The van der Waals surface area contributed by atoms with Gasteiger partial charge in [-0.2, -0.15) is 0 Å². The van der Waals surface area contributed by atoms with Gasteiger partial charge in [-0.25, -0.2) is 0 Å². The van der Waals surface area contributed by atoms with Crippen LogP contribution in [-0.2, 0) is 10.2 Å². The lowest BCUT2D eigenvalue weighted by molar-refractivity contribution is -0.138. The Morgan fingerprint density at radius 3 is 2.32 bits per heavy atom. The predicted octanol–water partition coefficient (Wildman–Crippen LogP) is 2.99. The highest BCUT2D eigenvalue weighted by molar-refractivity contribution is 5.87. The Kier molecular flexibility index (Phi) is 5.18. The molecule has 0 unspecified atom stereocenters. The second-order valence-electron chi connectivity index (χ2n) is 7.21. The molecule has 3 rings (SSSR count). The second kappa shape index (κ2) is 6.59. The molecule has 0 aliphatic carbocycles. The Morgan fingerprint density at radius 2 is 1.77 bits per heavy atom. The van der Waals surface area contributed by atoms with E-state index in [2.05, 4.69) is 22.3 Å². The number of carbonyl (C=O) groups is 1. The van der Waals surface area contributed by atoms with E-state index in [4.69, 9.17) is 0 Å². The standard InChI is InChI=1S/C18H26N2O.ClH/c1-17(2,15-6-4-3-5-7-15)16(21)20-12-9-18(10-13-20)8-11-19-14-18;/h3-7,19H,8-14H2,1-2H3;1H. The minimum atomic E-state index is -0.431. The van der Waals surface area contributed by atoms with E-state index in [1.807, 2.05) is 32.0 Å². The largest absolute Gasteiger partial charge is 0.342 e. The van der Waals surface area contributed by atoms with Crippen LogP contribution in [0.2, 0.25) is 0 Å². The average molecular weight is 323 g/mol. The lowest BCUT2D eigenvalue weighted by atomic mass is 9.76. The average Bonchev–Trinajstić information content (AvgIpc) is 2.96. The third kappa shape index (κ3) is 3.16. The first-order valence-electron chi connectivity index (χ1n) is 8.09. The van der Waals surface area contributed by atoms with Gasteiger partial charge in [0.1, 0.15) is 0 Å². The van der Waals surface area contributed by atoms with Gasteiger partial charge < -0.3 is 10.2 Å². The fourth-order valence-corrected chi connectivity index (χ4v) is 3.78. The molecule has 0 aromatic heterocycles. The number of hydrogen-bond donors (Lipinski definition) is 1. The number of halogens is 1. The second-order valence-corrected chi connectivity index (χ2v) is 7.21. The molecule has 122 valence electrons. The Balaban J connectivity index is 0.00000176. The molecule has 0 bridgehead atoms. The lowest BCUT2D eigenvalue weighted by Gasteiger charge is -2.41. The molecule has 2 fully saturated rings. The number of rotatable bonds is 2. The van der Waals surface area contributed by atoms with Gasteiger partial charge in [-0.05, 0) is 50.6 Å². The third-order valence-corrected chi connectivity index (χ3v) is 5.47. The van der Waals surface area contributed by atoms with Crippen LogP contribution in [0.25, 0.3) is 0 Å². The van der Waals surface area contributed by atoms with E-state index >= 15 is 0 Å². The molecule has 0 saturated carbocycles. The molecule has 2 aliphatic rings. The molecule has 0 atom stereocenters. The fraction of sp³-hybridized carbons (Fsp3) is 0.611. The van der Waals surface area contributed by atoms with Crippen LogP contribution in [0.5, 0.6) is 0 Å². The molecule has 2 aliphatic heterocycles. The molecule has 1 aromatic carbocycles. The zero-order chi connectivity index (χ0) is 14.9. The number of benzene rings is 1. The summed E-state index contributed by atoms with van der Waals surface area (Å²) in [5.41, 5.74) is 1.14. The first kappa shape index (κ1) is 17.3. The fourth-order valence-electron chi connectivity index (χ4n) is 3.78. The maximum atomic E-state index is 12.9. The molecule has 1 N–H and O–H groups in total. The Morgan fingerprint density at radius 1 is 1.14 bits per heavy atom. The van der Waals surface area contributed by atoms with E-state index in [-0.39, 0.29) is 18.3 Å². The van der Waals surface area contributed by atoms with Crippen LogP contribution < -0.4 is 5.32 Å². The third-order valence-electron chi connectivity index (χ3n) is 5.47. The van der Waals surface area contributed by atoms with E-state index in [1.165, 1.54) is 6.42 Å². The SMILES string of the molecule is CC(C)(C(=O)N1CCC2(CCNC2)CC1)c1ccccc1.Cl. The van der Waals surface area contributed by atoms with Crippen LogP contribution in [0, 0.1) is 5.41 Å². The topological polar surface area (TPSA) is 32.3 Å². The van der Waals surface area contributed by atoms with Crippen molar-refractivity contribution in [3.8, 4) is 0 Å². The van der Waals surface area contributed by atoms with Gasteiger partial charge in [0.05, 0.1) is 5.41 Å². The van der Waals surface area contributed by atoms with E-state index in [0.717, 1.165) is 44.6 Å². The molecular formula is C18H27ClN2O. The normalized spacial score (nSPS) is 20.7. The van der Waals surface area contributed by atoms with Gasteiger partial charge in [0.25, 0.3) is 0 Å². The van der Waals surface area contributed by atoms with Crippen LogP contribution in [0.3, 0.4) is 0 Å². The molecule has 0 radical (unpaired) electrons. The molecule has 22 heavy (non-hydrogen) atoms. The molecule has 1 spiro atoms. The molecule has 2 heterocycles. The van der Waals surface area contributed by atoms with Crippen molar-refractivity contribution in [3.63, 3.8) is 0 Å². The minimum absolute atomic E-state index is 0. The van der Waals surface area contributed by atoms with E-state index in [9.17, 15) is 4.79 Å². The summed E-state index contributed by atoms with van der Waals surface area (Å²) in [6, 6.07) is 10.1. The minimum Gasteiger partial charge on any atom is -0.342 e. The maximum absolute atomic E-state index is 12.9. The van der Waals surface area contributed by atoms with Gasteiger partial charge in [0.15, 0.2) is 0 Å². The van der Waals surface area contributed by atoms with Gasteiger partial charge in [0.2, 0.25) is 5.91 Å². The molecule has 3 nitrogen and oxygen atoms in total. The van der Waals surface area contributed by atoms with Gasteiger partial charge in [-0.1, -0.05) is 30.3 Å². The summed E-state index contributed by atoms with van der Waals surface area (Å²) >= 11 is 0. The number of nitrogens with one attached hydrogen (secondary N) is 1. The number of amides is 1. The van der Waals surface area contributed by atoms with Crippen molar-refractivity contribution in [3.05, 3.63) is 35.9 Å². The molecule has 1 aromatic rings.